The maximum absolute atomic E-state index is 12.6. The predicted octanol–water partition coefficient (Wildman–Crippen LogP) is 3.90. The molecule has 138 valence electrons. The summed E-state index contributed by atoms with van der Waals surface area (Å²) in [4.78, 5) is 12.6. The fraction of sp³-hybridized carbons (Fsp3) is 0.200. The Hall–Kier alpha value is -2.80. The van der Waals surface area contributed by atoms with Gasteiger partial charge in [0.2, 0.25) is 5.91 Å². The van der Waals surface area contributed by atoms with Crippen LogP contribution in [0, 0.1) is 6.92 Å². The van der Waals surface area contributed by atoms with E-state index in [9.17, 15) is 4.79 Å². The summed E-state index contributed by atoms with van der Waals surface area (Å²) in [5.74, 6) is 1.91. The molecule has 0 saturated heterocycles. The molecule has 1 aromatic heterocycles. The number of carbonyl (C=O) groups is 1. The van der Waals surface area contributed by atoms with Crippen molar-refractivity contribution in [1.82, 2.24) is 9.78 Å². The number of nitrogens with one attached hydrogen (secondary N) is 1. The minimum Gasteiger partial charge on any atom is -0.486 e. The smallest absolute Gasteiger partial charge is 0.229 e. The molecular weight excluding hydrogens is 410 g/mol. The van der Waals surface area contributed by atoms with Gasteiger partial charge in [-0.25, -0.2) is 4.68 Å². The summed E-state index contributed by atoms with van der Waals surface area (Å²) >= 11 is 3.47. The van der Waals surface area contributed by atoms with Gasteiger partial charge in [0.05, 0.1) is 17.8 Å². The molecule has 1 amide bonds. The fourth-order valence-corrected chi connectivity index (χ4v) is 3.35. The molecule has 4 rings (SSSR count). The monoisotopic (exact) mass is 427 g/mol. The molecule has 2 aromatic carbocycles. The van der Waals surface area contributed by atoms with Crippen LogP contribution in [-0.2, 0) is 11.2 Å². The molecule has 27 heavy (non-hydrogen) atoms. The van der Waals surface area contributed by atoms with Crippen LogP contribution >= 0.6 is 15.9 Å². The van der Waals surface area contributed by atoms with Crippen molar-refractivity contribution in [2.75, 3.05) is 18.5 Å². The lowest BCUT2D eigenvalue weighted by molar-refractivity contribution is -0.115. The molecule has 0 radical (unpaired) electrons. The number of aryl methyl sites for hydroxylation is 1. The molecule has 0 spiro atoms. The van der Waals surface area contributed by atoms with Crippen molar-refractivity contribution in [3.8, 4) is 17.2 Å². The van der Waals surface area contributed by atoms with Gasteiger partial charge in [-0.05, 0) is 42.8 Å². The zero-order valence-electron chi connectivity index (χ0n) is 14.7. The first kappa shape index (κ1) is 17.6. The fourth-order valence-electron chi connectivity index (χ4n) is 2.96. The normalized spacial score (nSPS) is 12.7. The van der Waals surface area contributed by atoms with Gasteiger partial charge < -0.3 is 14.8 Å². The molecule has 1 aliphatic rings. The first-order valence-electron chi connectivity index (χ1n) is 8.59. The minimum atomic E-state index is -0.122. The number of hydrogen-bond acceptors (Lipinski definition) is 4. The SMILES string of the molecule is Cc1cc(NC(=O)Cc2ccc3c(c2)OCCO3)n(-c2cccc(Br)c2)n1. The summed E-state index contributed by atoms with van der Waals surface area (Å²) in [7, 11) is 0. The number of nitrogens with zero attached hydrogens (tertiary/aromatic N) is 2. The van der Waals surface area contributed by atoms with Crippen LogP contribution in [0.1, 0.15) is 11.3 Å². The Bertz CT molecular complexity index is 1000. The van der Waals surface area contributed by atoms with Crippen molar-refractivity contribution >= 4 is 27.7 Å². The van der Waals surface area contributed by atoms with E-state index in [1.165, 1.54) is 0 Å². The molecular formula is C20H18BrN3O3. The molecule has 0 bridgehead atoms. The maximum atomic E-state index is 12.6. The van der Waals surface area contributed by atoms with Crippen LogP contribution in [0.3, 0.4) is 0 Å². The number of benzene rings is 2. The first-order chi connectivity index (χ1) is 13.1. The Balaban J connectivity index is 1.52. The standard InChI is InChI=1S/C20H18BrN3O3/c1-13-9-19(24(23-13)16-4-2-3-15(21)12-16)22-20(25)11-14-5-6-17-18(10-14)27-8-7-26-17/h2-6,9-10,12H,7-8,11H2,1H3,(H,22,25). The molecule has 7 heteroatoms. The van der Waals surface area contributed by atoms with Crippen molar-refractivity contribution in [3.63, 3.8) is 0 Å². The Morgan fingerprint density at radius 3 is 2.78 bits per heavy atom. The average Bonchev–Trinajstić information content (AvgIpc) is 3.01. The zero-order chi connectivity index (χ0) is 18.8. The zero-order valence-corrected chi connectivity index (χ0v) is 16.3. The molecule has 6 nitrogen and oxygen atoms in total. The number of amides is 1. The van der Waals surface area contributed by atoms with E-state index in [0.717, 1.165) is 21.4 Å². The second-order valence-corrected chi connectivity index (χ2v) is 7.18. The van der Waals surface area contributed by atoms with E-state index in [-0.39, 0.29) is 12.3 Å². The Kier molecular flexibility index (Phi) is 4.85. The highest BCUT2D eigenvalue weighted by atomic mass is 79.9. The first-order valence-corrected chi connectivity index (χ1v) is 9.39. The van der Waals surface area contributed by atoms with E-state index in [1.807, 2.05) is 55.5 Å². The third-order valence-electron chi connectivity index (χ3n) is 4.12. The van der Waals surface area contributed by atoms with Gasteiger partial charge in [-0.3, -0.25) is 4.79 Å². The van der Waals surface area contributed by atoms with Gasteiger partial charge in [-0.2, -0.15) is 5.10 Å². The molecule has 2 heterocycles. The van der Waals surface area contributed by atoms with Crippen molar-refractivity contribution in [1.29, 1.82) is 0 Å². The molecule has 1 N–H and O–H groups in total. The number of aromatic nitrogens is 2. The van der Waals surface area contributed by atoms with Gasteiger partial charge in [-0.15, -0.1) is 0 Å². The predicted molar refractivity (Wildman–Crippen MR) is 106 cm³/mol. The highest BCUT2D eigenvalue weighted by molar-refractivity contribution is 9.10. The molecule has 1 aliphatic heterocycles. The number of hydrogen-bond donors (Lipinski definition) is 1. The second-order valence-electron chi connectivity index (χ2n) is 6.27. The second kappa shape index (κ2) is 7.44. The van der Waals surface area contributed by atoms with Gasteiger partial charge in [0, 0.05) is 10.5 Å². The van der Waals surface area contributed by atoms with Crippen LogP contribution in [0.4, 0.5) is 5.82 Å². The summed E-state index contributed by atoms with van der Waals surface area (Å²) in [6, 6.07) is 15.2. The van der Waals surface area contributed by atoms with E-state index < -0.39 is 0 Å². The summed E-state index contributed by atoms with van der Waals surface area (Å²) in [5, 5.41) is 7.44. The highest BCUT2D eigenvalue weighted by Gasteiger charge is 2.15. The quantitative estimate of drug-likeness (QED) is 0.685. The molecule has 0 aliphatic carbocycles. The van der Waals surface area contributed by atoms with Crippen LogP contribution in [-0.4, -0.2) is 28.9 Å². The number of fused-ring (bicyclic) bond motifs is 1. The summed E-state index contributed by atoms with van der Waals surface area (Å²) < 4.78 is 13.8. The van der Waals surface area contributed by atoms with Crippen LogP contribution in [0.25, 0.3) is 5.69 Å². The topological polar surface area (TPSA) is 65.4 Å². The van der Waals surface area contributed by atoms with E-state index in [1.54, 1.807) is 4.68 Å². The number of ether oxygens (including phenoxy) is 2. The van der Waals surface area contributed by atoms with Crippen LogP contribution in [0.5, 0.6) is 11.5 Å². The van der Waals surface area contributed by atoms with Gasteiger partial charge in [0.25, 0.3) is 0 Å². The lowest BCUT2D eigenvalue weighted by atomic mass is 10.1. The molecule has 0 saturated carbocycles. The van der Waals surface area contributed by atoms with Crippen molar-refractivity contribution in [3.05, 3.63) is 64.3 Å². The van der Waals surface area contributed by atoms with Crippen molar-refractivity contribution in [2.45, 2.75) is 13.3 Å². The van der Waals surface area contributed by atoms with Crippen molar-refractivity contribution < 1.29 is 14.3 Å². The molecule has 3 aromatic rings. The van der Waals surface area contributed by atoms with E-state index in [0.29, 0.717) is 30.5 Å². The lowest BCUT2D eigenvalue weighted by Crippen LogP contribution is -2.18. The minimum absolute atomic E-state index is 0.122. The van der Waals surface area contributed by atoms with E-state index in [2.05, 4.69) is 26.3 Å². The number of halogens is 1. The summed E-state index contributed by atoms with van der Waals surface area (Å²) in [5.41, 5.74) is 2.55. The van der Waals surface area contributed by atoms with Gasteiger partial charge in [0.1, 0.15) is 19.0 Å². The molecule has 0 unspecified atom stereocenters. The number of rotatable bonds is 4. The van der Waals surface area contributed by atoms with Gasteiger partial charge in [0.15, 0.2) is 11.5 Å². The third-order valence-corrected chi connectivity index (χ3v) is 4.62. The Morgan fingerprint density at radius 2 is 1.96 bits per heavy atom. The summed E-state index contributed by atoms with van der Waals surface area (Å²) in [6.45, 7) is 2.96. The Labute approximate surface area is 165 Å². The largest absolute Gasteiger partial charge is 0.486 e. The molecule has 0 fully saturated rings. The lowest BCUT2D eigenvalue weighted by Gasteiger charge is -2.18. The maximum Gasteiger partial charge on any atom is 0.229 e. The van der Waals surface area contributed by atoms with E-state index >= 15 is 0 Å². The number of carbonyl (C=O) groups excluding carboxylic acids is 1. The number of anilines is 1. The molecule has 0 atom stereocenters. The van der Waals surface area contributed by atoms with Crippen LogP contribution in [0.2, 0.25) is 0 Å². The summed E-state index contributed by atoms with van der Waals surface area (Å²) in [6.07, 6.45) is 0.235. The third kappa shape index (κ3) is 3.98. The average molecular weight is 428 g/mol. The van der Waals surface area contributed by atoms with Crippen LogP contribution < -0.4 is 14.8 Å². The van der Waals surface area contributed by atoms with Gasteiger partial charge in [-0.1, -0.05) is 28.1 Å². The van der Waals surface area contributed by atoms with Gasteiger partial charge >= 0.3 is 0 Å². The Morgan fingerprint density at radius 1 is 1.15 bits per heavy atom. The van der Waals surface area contributed by atoms with E-state index in [4.69, 9.17) is 9.47 Å². The van der Waals surface area contributed by atoms with Crippen molar-refractivity contribution in [2.24, 2.45) is 0 Å². The highest BCUT2D eigenvalue weighted by Crippen LogP contribution is 2.31. The van der Waals surface area contributed by atoms with Crippen LogP contribution in [0.15, 0.2) is 53.0 Å².